The van der Waals surface area contributed by atoms with Gasteiger partial charge in [0, 0.05) is 12.6 Å². The second-order valence-corrected chi connectivity index (χ2v) is 7.99. The topological polar surface area (TPSA) is 46.6 Å². The Bertz CT molecular complexity index is 576. The van der Waals surface area contributed by atoms with Crippen LogP contribution in [0.25, 0.3) is 0 Å². The van der Waals surface area contributed by atoms with E-state index in [1.54, 1.807) is 28.6 Å². The highest BCUT2D eigenvalue weighted by atomic mass is 32.2. The summed E-state index contributed by atoms with van der Waals surface area (Å²) in [5.41, 5.74) is 0. The minimum atomic E-state index is -3.35. The number of benzene rings is 1. The smallest absolute Gasteiger partial charge is 0.243 e. The van der Waals surface area contributed by atoms with Gasteiger partial charge in [-0.1, -0.05) is 0 Å². The fourth-order valence-electron chi connectivity index (χ4n) is 3.29. The molecule has 1 atom stereocenters. The van der Waals surface area contributed by atoms with Crippen molar-refractivity contribution in [2.45, 2.75) is 62.5 Å². The SMILES string of the molecule is CC1CCCN1S(=O)(=O)c1ccc(OC2CCCC2)cc1. The van der Waals surface area contributed by atoms with Crippen LogP contribution in [0.1, 0.15) is 45.4 Å². The van der Waals surface area contributed by atoms with Crippen LogP contribution in [0, 0.1) is 0 Å². The average molecular weight is 309 g/mol. The molecular formula is C16H23NO3S. The Morgan fingerprint density at radius 1 is 1.05 bits per heavy atom. The summed E-state index contributed by atoms with van der Waals surface area (Å²) in [7, 11) is -3.35. The summed E-state index contributed by atoms with van der Waals surface area (Å²) in [4.78, 5) is 0.370. The molecule has 1 aliphatic carbocycles. The monoisotopic (exact) mass is 309 g/mol. The van der Waals surface area contributed by atoms with Crippen molar-refractivity contribution in [3.8, 4) is 5.75 Å². The Kier molecular flexibility index (Phi) is 4.22. The van der Waals surface area contributed by atoms with E-state index in [0.29, 0.717) is 17.5 Å². The van der Waals surface area contributed by atoms with Crippen LogP contribution in [0.5, 0.6) is 5.75 Å². The summed E-state index contributed by atoms with van der Waals surface area (Å²) in [6.45, 7) is 2.60. The molecule has 0 radical (unpaired) electrons. The van der Waals surface area contributed by atoms with Crippen LogP contribution < -0.4 is 4.74 Å². The molecule has 1 aromatic rings. The molecule has 21 heavy (non-hydrogen) atoms. The molecule has 2 fully saturated rings. The normalized spacial score (nSPS) is 24.5. The number of ether oxygens (including phenoxy) is 1. The number of nitrogens with zero attached hydrogens (tertiary/aromatic N) is 1. The molecule has 1 aliphatic heterocycles. The Balaban J connectivity index is 1.73. The van der Waals surface area contributed by atoms with Crippen molar-refractivity contribution in [2.75, 3.05) is 6.54 Å². The Hall–Kier alpha value is -1.07. The molecule has 0 N–H and O–H groups in total. The van der Waals surface area contributed by atoms with Crippen molar-refractivity contribution in [1.29, 1.82) is 0 Å². The molecule has 4 nitrogen and oxygen atoms in total. The van der Waals surface area contributed by atoms with Gasteiger partial charge in [-0.25, -0.2) is 8.42 Å². The van der Waals surface area contributed by atoms with Crippen molar-refractivity contribution in [3.63, 3.8) is 0 Å². The summed E-state index contributed by atoms with van der Waals surface area (Å²) in [6, 6.07) is 7.01. The summed E-state index contributed by atoms with van der Waals surface area (Å²) in [6.07, 6.45) is 6.85. The van der Waals surface area contributed by atoms with Crippen LogP contribution in [0.2, 0.25) is 0 Å². The minimum absolute atomic E-state index is 0.101. The second kappa shape index (κ2) is 5.97. The Labute approximate surface area is 127 Å². The molecule has 1 saturated heterocycles. The molecular weight excluding hydrogens is 286 g/mol. The van der Waals surface area contributed by atoms with E-state index in [1.165, 1.54) is 12.8 Å². The van der Waals surface area contributed by atoms with Crippen molar-refractivity contribution < 1.29 is 13.2 Å². The van der Waals surface area contributed by atoms with Gasteiger partial charge in [0.15, 0.2) is 0 Å². The van der Waals surface area contributed by atoms with Gasteiger partial charge in [0.1, 0.15) is 5.75 Å². The number of sulfonamides is 1. The van der Waals surface area contributed by atoms with Crippen LogP contribution >= 0.6 is 0 Å². The van der Waals surface area contributed by atoms with Crippen LogP contribution in [0.4, 0.5) is 0 Å². The van der Waals surface area contributed by atoms with Gasteiger partial charge in [-0.2, -0.15) is 4.31 Å². The molecule has 0 aromatic heterocycles. The Morgan fingerprint density at radius 3 is 2.29 bits per heavy atom. The second-order valence-electron chi connectivity index (χ2n) is 6.10. The van der Waals surface area contributed by atoms with Gasteiger partial charge in [-0.05, 0) is 69.7 Å². The minimum Gasteiger partial charge on any atom is -0.490 e. The first-order valence-electron chi connectivity index (χ1n) is 7.86. The van der Waals surface area contributed by atoms with E-state index >= 15 is 0 Å². The van der Waals surface area contributed by atoms with Crippen molar-refractivity contribution in [3.05, 3.63) is 24.3 Å². The lowest BCUT2D eigenvalue weighted by Gasteiger charge is -2.21. The highest BCUT2D eigenvalue weighted by Gasteiger charge is 2.32. The van der Waals surface area contributed by atoms with Gasteiger partial charge in [-0.3, -0.25) is 0 Å². The van der Waals surface area contributed by atoms with Crippen LogP contribution in [-0.4, -0.2) is 31.4 Å². The zero-order chi connectivity index (χ0) is 14.9. The van der Waals surface area contributed by atoms with Crippen molar-refractivity contribution in [1.82, 2.24) is 4.31 Å². The molecule has 5 heteroatoms. The van der Waals surface area contributed by atoms with Gasteiger partial charge in [0.2, 0.25) is 10.0 Å². The van der Waals surface area contributed by atoms with E-state index in [9.17, 15) is 8.42 Å². The first-order chi connectivity index (χ1) is 10.1. The van der Waals surface area contributed by atoms with E-state index in [4.69, 9.17) is 4.74 Å². The molecule has 0 amide bonds. The number of rotatable bonds is 4. The standard InChI is InChI=1S/C16H23NO3S/c1-13-5-4-12-17(13)21(18,19)16-10-8-15(9-11-16)20-14-6-2-3-7-14/h8-11,13-14H,2-7,12H2,1H3. The summed E-state index contributed by atoms with van der Waals surface area (Å²) in [5.74, 6) is 0.773. The third kappa shape index (κ3) is 3.09. The number of hydrogen-bond donors (Lipinski definition) is 0. The van der Waals surface area contributed by atoms with Gasteiger partial charge in [-0.15, -0.1) is 0 Å². The van der Waals surface area contributed by atoms with Crippen molar-refractivity contribution in [2.24, 2.45) is 0 Å². The summed E-state index contributed by atoms with van der Waals surface area (Å²) >= 11 is 0. The van der Waals surface area contributed by atoms with Gasteiger partial charge in [0.25, 0.3) is 0 Å². The molecule has 1 unspecified atom stereocenters. The lowest BCUT2D eigenvalue weighted by Crippen LogP contribution is -2.33. The lowest BCUT2D eigenvalue weighted by molar-refractivity contribution is 0.210. The third-order valence-corrected chi connectivity index (χ3v) is 6.56. The fraction of sp³-hybridized carbons (Fsp3) is 0.625. The predicted octanol–water partition coefficient (Wildman–Crippen LogP) is 3.18. The first kappa shape index (κ1) is 14.9. The molecule has 0 bridgehead atoms. The molecule has 116 valence electrons. The fourth-order valence-corrected chi connectivity index (χ4v) is 4.99. The van der Waals surface area contributed by atoms with E-state index in [1.807, 2.05) is 6.92 Å². The quantitative estimate of drug-likeness (QED) is 0.858. The molecule has 1 heterocycles. The van der Waals surface area contributed by atoms with E-state index < -0.39 is 10.0 Å². The van der Waals surface area contributed by atoms with Gasteiger partial charge < -0.3 is 4.74 Å². The summed E-state index contributed by atoms with van der Waals surface area (Å²) in [5, 5.41) is 0. The highest BCUT2D eigenvalue weighted by Crippen LogP contribution is 2.28. The molecule has 0 spiro atoms. The maximum Gasteiger partial charge on any atom is 0.243 e. The largest absolute Gasteiger partial charge is 0.490 e. The maximum atomic E-state index is 12.6. The van der Waals surface area contributed by atoms with E-state index in [-0.39, 0.29) is 6.04 Å². The van der Waals surface area contributed by atoms with E-state index in [2.05, 4.69) is 0 Å². The molecule has 1 aromatic carbocycles. The van der Waals surface area contributed by atoms with Gasteiger partial charge >= 0.3 is 0 Å². The number of hydrogen-bond acceptors (Lipinski definition) is 3. The zero-order valence-corrected chi connectivity index (χ0v) is 13.3. The third-order valence-electron chi connectivity index (χ3n) is 4.53. The first-order valence-corrected chi connectivity index (χ1v) is 9.30. The predicted molar refractivity (Wildman–Crippen MR) is 81.9 cm³/mol. The van der Waals surface area contributed by atoms with E-state index in [0.717, 1.165) is 31.4 Å². The molecule has 2 aliphatic rings. The highest BCUT2D eigenvalue weighted by molar-refractivity contribution is 7.89. The summed E-state index contributed by atoms with van der Waals surface area (Å²) < 4.78 is 32.7. The van der Waals surface area contributed by atoms with Gasteiger partial charge in [0.05, 0.1) is 11.0 Å². The van der Waals surface area contributed by atoms with Crippen LogP contribution in [0.15, 0.2) is 29.2 Å². The Morgan fingerprint density at radius 2 is 1.71 bits per heavy atom. The lowest BCUT2D eigenvalue weighted by atomic mass is 10.3. The molecule has 3 rings (SSSR count). The van der Waals surface area contributed by atoms with Crippen LogP contribution in [0.3, 0.4) is 0 Å². The zero-order valence-electron chi connectivity index (χ0n) is 12.5. The van der Waals surface area contributed by atoms with Crippen molar-refractivity contribution >= 4 is 10.0 Å². The molecule has 1 saturated carbocycles. The van der Waals surface area contributed by atoms with Crippen LogP contribution in [-0.2, 0) is 10.0 Å². The maximum absolute atomic E-state index is 12.6. The average Bonchev–Trinajstić information content (AvgIpc) is 3.11.